The van der Waals surface area contributed by atoms with Gasteiger partial charge in [-0.05, 0) is 17.9 Å². The van der Waals surface area contributed by atoms with Crippen LogP contribution in [0.2, 0.25) is 0 Å². The summed E-state index contributed by atoms with van der Waals surface area (Å²) in [6.45, 7) is 2.69. The van der Waals surface area contributed by atoms with E-state index < -0.39 is 0 Å². The summed E-state index contributed by atoms with van der Waals surface area (Å²) in [4.78, 5) is 12.7. The smallest absolute Gasteiger partial charge is 0.343 e. The highest BCUT2D eigenvalue weighted by Gasteiger charge is 2.11. The number of thiophene rings is 1. The maximum Gasteiger partial charge on any atom is 0.343 e. The number of hydrogen-bond donors (Lipinski definition) is 1. The molecule has 0 saturated heterocycles. The van der Waals surface area contributed by atoms with Gasteiger partial charge in [-0.1, -0.05) is 29.9 Å². The number of aromatic amines is 1. The van der Waals surface area contributed by atoms with Gasteiger partial charge < -0.3 is 4.52 Å². The van der Waals surface area contributed by atoms with E-state index in [9.17, 15) is 4.79 Å². The van der Waals surface area contributed by atoms with Crippen LogP contribution < -0.4 is 5.69 Å². The monoisotopic (exact) mass is 322 g/mol. The van der Waals surface area contributed by atoms with Crippen LogP contribution in [0.1, 0.15) is 19.0 Å². The summed E-state index contributed by atoms with van der Waals surface area (Å²) in [5, 5.41) is 13.3. The minimum Gasteiger partial charge on any atom is -0.355 e. The molecule has 6 nitrogen and oxygen atoms in total. The second-order valence-electron chi connectivity index (χ2n) is 4.41. The number of thioether (sulfide) groups is 1. The Labute approximate surface area is 129 Å². The first-order valence-electron chi connectivity index (χ1n) is 6.55. The molecule has 0 fully saturated rings. The van der Waals surface area contributed by atoms with Crippen molar-refractivity contribution in [3.63, 3.8) is 0 Å². The molecule has 1 N–H and O–H groups in total. The molecular weight excluding hydrogens is 308 g/mol. The van der Waals surface area contributed by atoms with Gasteiger partial charge in [0.05, 0.1) is 10.6 Å². The van der Waals surface area contributed by atoms with Crippen molar-refractivity contribution in [2.24, 2.45) is 0 Å². The Hall–Kier alpha value is -1.80. The summed E-state index contributed by atoms with van der Waals surface area (Å²) in [5.41, 5.74) is 0.667. The van der Waals surface area contributed by atoms with Crippen LogP contribution in [0.3, 0.4) is 0 Å². The lowest BCUT2D eigenvalue weighted by atomic mass is 10.3. The van der Waals surface area contributed by atoms with E-state index in [4.69, 9.17) is 4.52 Å². The number of hydrogen-bond acceptors (Lipinski definition) is 6. The Kier molecular flexibility index (Phi) is 4.26. The van der Waals surface area contributed by atoms with Crippen LogP contribution in [0.25, 0.3) is 10.6 Å². The van der Waals surface area contributed by atoms with Crippen LogP contribution in [-0.2, 0) is 12.3 Å². The van der Waals surface area contributed by atoms with Gasteiger partial charge in [0, 0.05) is 18.4 Å². The fraction of sp³-hybridized carbons (Fsp3) is 0.308. The molecule has 3 aromatic heterocycles. The number of nitrogens with one attached hydrogen (secondary N) is 1. The fourth-order valence-electron chi connectivity index (χ4n) is 1.89. The van der Waals surface area contributed by atoms with Crippen molar-refractivity contribution >= 4 is 23.1 Å². The zero-order valence-electron chi connectivity index (χ0n) is 11.4. The van der Waals surface area contributed by atoms with Gasteiger partial charge in [-0.25, -0.2) is 9.89 Å². The molecule has 8 heteroatoms. The fourth-order valence-corrected chi connectivity index (χ4v) is 3.41. The predicted octanol–water partition coefficient (Wildman–Crippen LogP) is 2.99. The van der Waals surface area contributed by atoms with E-state index in [1.165, 1.54) is 11.8 Å². The minimum atomic E-state index is -0.168. The van der Waals surface area contributed by atoms with Crippen molar-refractivity contribution in [3.8, 4) is 10.6 Å². The van der Waals surface area contributed by atoms with Gasteiger partial charge in [-0.2, -0.15) is 0 Å². The van der Waals surface area contributed by atoms with E-state index in [-0.39, 0.29) is 5.69 Å². The van der Waals surface area contributed by atoms with Gasteiger partial charge in [0.2, 0.25) is 0 Å². The van der Waals surface area contributed by atoms with Gasteiger partial charge >= 0.3 is 5.69 Å². The molecule has 110 valence electrons. The molecule has 0 aliphatic heterocycles. The van der Waals surface area contributed by atoms with Gasteiger partial charge in [0.25, 0.3) is 0 Å². The molecule has 3 rings (SSSR count). The highest BCUT2D eigenvalue weighted by Crippen LogP contribution is 2.27. The summed E-state index contributed by atoms with van der Waals surface area (Å²) in [5.74, 6) is 1.39. The third-order valence-corrected chi connectivity index (χ3v) is 4.74. The Morgan fingerprint density at radius 3 is 3.19 bits per heavy atom. The number of aromatic nitrogens is 4. The van der Waals surface area contributed by atoms with Gasteiger partial charge in [-0.3, -0.25) is 4.57 Å². The second-order valence-corrected chi connectivity index (χ2v) is 6.30. The van der Waals surface area contributed by atoms with E-state index in [0.717, 1.165) is 22.8 Å². The molecule has 0 unspecified atom stereocenters. The molecule has 0 saturated carbocycles. The minimum absolute atomic E-state index is 0.168. The van der Waals surface area contributed by atoms with E-state index in [2.05, 4.69) is 15.4 Å². The molecule has 0 spiro atoms. The first-order valence-corrected chi connectivity index (χ1v) is 8.42. The Balaban J connectivity index is 1.70. The molecule has 0 amide bonds. The van der Waals surface area contributed by atoms with Crippen molar-refractivity contribution in [2.45, 2.75) is 30.8 Å². The van der Waals surface area contributed by atoms with Crippen molar-refractivity contribution < 1.29 is 4.52 Å². The average Bonchev–Trinajstić information content (AvgIpc) is 3.19. The lowest BCUT2D eigenvalue weighted by Crippen LogP contribution is -2.17. The van der Waals surface area contributed by atoms with E-state index in [0.29, 0.717) is 17.5 Å². The third-order valence-electron chi connectivity index (χ3n) is 2.84. The van der Waals surface area contributed by atoms with Crippen LogP contribution in [0.4, 0.5) is 0 Å². The van der Waals surface area contributed by atoms with Crippen LogP contribution in [0.5, 0.6) is 0 Å². The quantitative estimate of drug-likeness (QED) is 0.706. The lowest BCUT2D eigenvalue weighted by Gasteiger charge is -2.01. The second kappa shape index (κ2) is 6.31. The van der Waals surface area contributed by atoms with Crippen LogP contribution >= 0.6 is 23.1 Å². The lowest BCUT2D eigenvalue weighted by molar-refractivity contribution is 0.427. The maximum atomic E-state index is 11.6. The SMILES string of the molecule is CCCn1c(SCc2cc(-c3cccs3)on2)n[nH]c1=O. The van der Waals surface area contributed by atoms with E-state index in [1.807, 2.05) is 30.5 Å². The number of nitrogens with zero attached hydrogens (tertiary/aromatic N) is 3. The van der Waals surface area contributed by atoms with E-state index >= 15 is 0 Å². The topological polar surface area (TPSA) is 76.7 Å². The summed E-state index contributed by atoms with van der Waals surface area (Å²) in [7, 11) is 0. The highest BCUT2D eigenvalue weighted by atomic mass is 32.2. The first kappa shape index (κ1) is 14.2. The Morgan fingerprint density at radius 2 is 2.43 bits per heavy atom. The van der Waals surface area contributed by atoms with Crippen molar-refractivity contribution in [1.82, 2.24) is 19.9 Å². The maximum absolute atomic E-state index is 11.6. The van der Waals surface area contributed by atoms with Crippen molar-refractivity contribution in [3.05, 3.63) is 39.8 Å². The predicted molar refractivity (Wildman–Crippen MR) is 82.5 cm³/mol. The largest absolute Gasteiger partial charge is 0.355 e. The van der Waals surface area contributed by atoms with Crippen molar-refractivity contribution in [2.75, 3.05) is 0 Å². The van der Waals surface area contributed by atoms with Crippen LogP contribution in [0.15, 0.2) is 38.1 Å². The molecule has 21 heavy (non-hydrogen) atoms. The molecule has 0 aliphatic carbocycles. The highest BCUT2D eigenvalue weighted by molar-refractivity contribution is 7.98. The third kappa shape index (κ3) is 3.11. The van der Waals surface area contributed by atoms with Gasteiger partial charge in [-0.15, -0.1) is 16.4 Å². The zero-order chi connectivity index (χ0) is 14.7. The molecule has 0 atom stereocenters. The van der Waals surface area contributed by atoms with Crippen LogP contribution in [-0.4, -0.2) is 19.9 Å². The zero-order valence-corrected chi connectivity index (χ0v) is 13.0. The molecule has 3 aromatic rings. The molecule has 0 radical (unpaired) electrons. The summed E-state index contributed by atoms with van der Waals surface area (Å²) >= 11 is 3.09. The van der Waals surface area contributed by atoms with Gasteiger partial charge in [0.15, 0.2) is 10.9 Å². The van der Waals surface area contributed by atoms with Gasteiger partial charge in [0.1, 0.15) is 0 Å². The van der Waals surface area contributed by atoms with Crippen LogP contribution in [0, 0.1) is 0 Å². The normalized spacial score (nSPS) is 11.1. The summed E-state index contributed by atoms with van der Waals surface area (Å²) in [6.07, 6.45) is 0.888. The summed E-state index contributed by atoms with van der Waals surface area (Å²) < 4.78 is 6.97. The first-order chi connectivity index (χ1) is 10.3. The van der Waals surface area contributed by atoms with E-state index in [1.54, 1.807) is 15.9 Å². The number of rotatable bonds is 6. The molecule has 0 aliphatic rings. The molecule has 0 aromatic carbocycles. The summed E-state index contributed by atoms with van der Waals surface area (Å²) in [6, 6.07) is 5.90. The molecule has 0 bridgehead atoms. The average molecular weight is 322 g/mol. The Bertz CT molecular complexity index is 757. The number of H-pyrrole nitrogens is 1. The standard InChI is InChI=1S/C13H14N4O2S2/c1-2-5-17-12(18)14-15-13(17)21-8-9-7-10(19-16-9)11-4-3-6-20-11/h3-4,6-7H,2,5,8H2,1H3,(H,14,18). The Morgan fingerprint density at radius 1 is 1.52 bits per heavy atom. The molecule has 3 heterocycles. The molecular formula is C13H14N4O2S2. The van der Waals surface area contributed by atoms with Crippen molar-refractivity contribution in [1.29, 1.82) is 0 Å².